The van der Waals surface area contributed by atoms with Crippen molar-refractivity contribution >= 4 is 69.1 Å². The summed E-state index contributed by atoms with van der Waals surface area (Å²) in [5.41, 5.74) is 4.27. The highest BCUT2D eigenvalue weighted by atomic mass is 32.2. The number of nitrogens with zero attached hydrogens (tertiary/aromatic N) is 4. The Morgan fingerprint density at radius 3 is 2.36 bits per heavy atom. The molecule has 0 spiro atoms. The smallest absolute Gasteiger partial charge is 0.386 e. The zero-order valence-corrected chi connectivity index (χ0v) is 33.6. The molecule has 28 heteroatoms. The van der Waals surface area contributed by atoms with Crippen LogP contribution in [0.3, 0.4) is 0 Å². The zero-order valence-electron chi connectivity index (χ0n) is 30.1. The van der Waals surface area contributed by atoms with Gasteiger partial charge < -0.3 is 50.9 Å². The second-order valence-electron chi connectivity index (χ2n) is 13.2. The van der Waals surface area contributed by atoms with E-state index in [4.69, 9.17) is 19.5 Å². The van der Waals surface area contributed by atoms with E-state index in [-0.39, 0.29) is 41.6 Å². The number of nitrogens with one attached hydrogen (secondary N) is 2. The molecule has 7 atom stereocenters. The van der Waals surface area contributed by atoms with Crippen molar-refractivity contribution in [1.82, 2.24) is 30.2 Å². The molecule has 2 unspecified atom stereocenters. The Morgan fingerprint density at radius 2 is 1.71 bits per heavy atom. The molecule has 312 valence electrons. The maximum Gasteiger partial charge on any atom is 0.481 e. The van der Waals surface area contributed by atoms with Gasteiger partial charge in [0.05, 0.1) is 19.5 Å². The van der Waals surface area contributed by atoms with Gasteiger partial charge in [-0.15, -0.1) is 0 Å². The second-order valence-corrected chi connectivity index (χ2v) is 18.6. The molecule has 3 heterocycles. The highest BCUT2D eigenvalue weighted by Gasteiger charge is 2.50. The Morgan fingerprint density at radius 1 is 1.04 bits per heavy atom. The summed E-state index contributed by atoms with van der Waals surface area (Å²) in [7, 11) is -16.4. The minimum Gasteiger partial charge on any atom is -0.386 e. The van der Waals surface area contributed by atoms with E-state index in [1.54, 1.807) is 0 Å². The van der Waals surface area contributed by atoms with E-state index in [1.165, 1.54) is 13.8 Å². The Kier molecular flexibility index (Phi) is 16.9. The molecule has 0 aromatic carbocycles. The molecule has 10 N–H and O–H groups in total. The van der Waals surface area contributed by atoms with Crippen molar-refractivity contribution in [2.75, 3.05) is 37.8 Å². The normalized spacial score (nSPS) is 21.9. The van der Waals surface area contributed by atoms with E-state index in [2.05, 4.69) is 34.4 Å². The summed E-state index contributed by atoms with van der Waals surface area (Å²) in [6.45, 7) is 4.56. The number of phosphoric acid groups is 3. The Bertz CT molecular complexity index is 1800. The summed E-state index contributed by atoms with van der Waals surface area (Å²) in [6, 6.07) is 0. The molecule has 0 saturated carbocycles. The molecular formula is C27H46N7O17P3S. The number of rotatable bonds is 22. The van der Waals surface area contributed by atoms with Gasteiger partial charge in [0.25, 0.3) is 0 Å². The summed E-state index contributed by atoms with van der Waals surface area (Å²) < 4.78 is 62.1. The van der Waals surface area contributed by atoms with Crippen molar-refractivity contribution < 1.29 is 80.5 Å². The first-order valence-electron chi connectivity index (χ1n) is 16.5. The first-order valence-corrected chi connectivity index (χ1v) is 22.0. The fourth-order valence-electron chi connectivity index (χ4n) is 4.77. The molecule has 1 aliphatic heterocycles. The molecular weight excluding hydrogens is 819 g/mol. The number of ether oxygens (including phenoxy) is 1. The van der Waals surface area contributed by atoms with Gasteiger partial charge in [0.1, 0.15) is 36.3 Å². The first-order chi connectivity index (χ1) is 25.4. The van der Waals surface area contributed by atoms with Crippen LogP contribution in [-0.2, 0) is 50.7 Å². The first kappa shape index (κ1) is 46.9. The van der Waals surface area contributed by atoms with Crippen LogP contribution in [0.25, 0.3) is 11.2 Å². The van der Waals surface area contributed by atoms with Gasteiger partial charge in [-0.3, -0.25) is 32.5 Å². The molecule has 0 bridgehead atoms. The van der Waals surface area contributed by atoms with Crippen LogP contribution in [-0.4, -0.2) is 123 Å². The molecule has 1 aliphatic rings. The van der Waals surface area contributed by atoms with Crippen LogP contribution < -0.4 is 16.4 Å². The maximum atomic E-state index is 12.7. The molecule has 55 heavy (non-hydrogen) atoms. The van der Waals surface area contributed by atoms with Crippen LogP contribution >= 0.6 is 35.2 Å². The van der Waals surface area contributed by atoms with Crippen molar-refractivity contribution in [3.63, 3.8) is 0 Å². The maximum absolute atomic E-state index is 12.7. The number of aliphatic hydroxyl groups is 2. The molecule has 2 aromatic heterocycles. The number of thioether (sulfide) groups is 1. The van der Waals surface area contributed by atoms with Crippen molar-refractivity contribution in [2.24, 2.45) is 11.3 Å². The quantitative estimate of drug-likeness (QED) is 0.0560. The topological polar surface area (TPSA) is 364 Å². The standard InChI is InChI=1S/C27H46N7O17P3S/c1-15(2)5-6-18(36)55-10-9-29-17(35)7-8-30-25(39)22(38)27(3,4)12-48-54(45,46)51-53(43,44)47-11-16-21(50-52(40,41)42)20(37)26(49-16)34-14-33-19-23(28)31-13-32-24(19)34/h13-16,20-22,26,37-38H,5-12H2,1-4H3,(H,29,35)(H,30,39)(H,43,44)(H,45,46)(H2,28,31,32)(H2,40,41,42)/t16-,20-,21-,22+,26-/m1/s1. The number of phosphoric ester groups is 3. The van der Waals surface area contributed by atoms with E-state index in [1.807, 2.05) is 13.8 Å². The van der Waals surface area contributed by atoms with Gasteiger partial charge in [-0.25, -0.2) is 28.6 Å². The SMILES string of the molecule is CC(C)CCC(=O)SCCNC(=O)CCNC(=O)[C@H](O)C(C)(C)COP(=O)(O)OP(=O)(O)OC[C@H]1O[C@@H](n2cnc3c(N)ncnc32)[C@H](O)[C@@H]1OP(=O)(O)O. The lowest BCUT2D eigenvalue weighted by Gasteiger charge is -2.30. The number of carbonyl (C=O) groups excluding carboxylic acids is 3. The predicted molar refractivity (Wildman–Crippen MR) is 191 cm³/mol. The Hall–Kier alpha value is -2.44. The summed E-state index contributed by atoms with van der Waals surface area (Å²) in [4.78, 5) is 87.3. The number of carbonyl (C=O) groups is 3. The van der Waals surface area contributed by atoms with Crippen LogP contribution in [0.15, 0.2) is 12.7 Å². The number of aliphatic hydroxyl groups excluding tert-OH is 2. The van der Waals surface area contributed by atoms with E-state index in [0.717, 1.165) is 35.4 Å². The average Bonchev–Trinajstić information content (AvgIpc) is 3.63. The van der Waals surface area contributed by atoms with Crippen molar-refractivity contribution in [3.05, 3.63) is 12.7 Å². The number of fused-ring (bicyclic) bond motifs is 1. The number of hydrogen-bond acceptors (Lipinski definition) is 18. The van der Waals surface area contributed by atoms with Crippen molar-refractivity contribution in [2.45, 2.75) is 77.6 Å². The third-order valence-corrected chi connectivity index (χ3v) is 11.7. The summed E-state index contributed by atoms with van der Waals surface area (Å²) in [5, 5.41) is 26.4. The summed E-state index contributed by atoms with van der Waals surface area (Å²) in [6.07, 6.45) is -5.67. The van der Waals surface area contributed by atoms with Crippen LogP contribution in [0.2, 0.25) is 0 Å². The van der Waals surface area contributed by atoms with E-state index in [0.29, 0.717) is 18.1 Å². The van der Waals surface area contributed by atoms with Gasteiger partial charge in [0.15, 0.2) is 22.8 Å². The van der Waals surface area contributed by atoms with Crippen LogP contribution in [0.5, 0.6) is 0 Å². The Labute approximate surface area is 318 Å². The third kappa shape index (κ3) is 14.8. The molecule has 1 saturated heterocycles. The minimum absolute atomic E-state index is 0.0277. The molecule has 2 amide bonds. The van der Waals surface area contributed by atoms with E-state index < -0.39 is 84.6 Å². The number of amides is 2. The predicted octanol–water partition coefficient (Wildman–Crippen LogP) is 0.101. The molecule has 3 rings (SSSR count). The minimum atomic E-state index is -5.56. The highest BCUT2D eigenvalue weighted by molar-refractivity contribution is 8.13. The molecule has 0 radical (unpaired) electrons. The lowest BCUT2D eigenvalue weighted by atomic mass is 9.87. The fourth-order valence-corrected chi connectivity index (χ4v) is 8.30. The number of aromatic nitrogens is 4. The molecule has 1 fully saturated rings. The van der Waals surface area contributed by atoms with Gasteiger partial charge in [0.2, 0.25) is 11.8 Å². The van der Waals surface area contributed by atoms with Crippen molar-refractivity contribution in [1.29, 1.82) is 0 Å². The van der Waals surface area contributed by atoms with E-state index >= 15 is 0 Å². The van der Waals surface area contributed by atoms with Gasteiger partial charge in [0, 0.05) is 37.1 Å². The number of nitrogen functional groups attached to an aromatic ring is 1. The lowest BCUT2D eigenvalue weighted by Crippen LogP contribution is -2.46. The van der Waals surface area contributed by atoms with Gasteiger partial charge in [-0.05, 0) is 12.3 Å². The number of nitrogens with two attached hydrogens (primary N) is 1. The lowest BCUT2D eigenvalue weighted by molar-refractivity contribution is -0.137. The largest absolute Gasteiger partial charge is 0.481 e. The fraction of sp³-hybridized carbons (Fsp3) is 0.704. The average molecular weight is 866 g/mol. The zero-order chi connectivity index (χ0) is 41.4. The molecule has 0 aliphatic carbocycles. The monoisotopic (exact) mass is 865 g/mol. The highest BCUT2D eigenvalue weighted by Crippen LogP contribution is 2.61. The number of imidazole rings is 1. The molecule has 2 aromatic rings. The van der Waals surface area contributed by atoms with Gasteiger partial charge in [-0.2, -0.15) is 4.31 Å². The van der Waals surface area contributed by atoms with Crippen LogP contribution in [0.1, 0.15) is 53.2 Å². The van der Waals surface area contributed by atoms with Crippen LogP contribution in [0, 0.1) is 11.3 Å². The number of hydrogen-bond donors (Lipinski definition) is 9. The van der Waals surface area contributed by atoms with Crippen molar-refractivity contribution in [3.8, 4) is 0 Å². The van der Waals surface area contributed by atoms with Gasteiger partial charge in [-0.1, -0.05) is 39.5 Å². The summed E-state index contributed by atoms with van der Waals surface area (Å²) in [5.74, 6) is -0.653. The third-order valence-electron chi connectivity index (χ3n) is 7.69. The number of anilines is 1. The Balaban J connectivity index is 1.49. The van der Waals surface area contributed by atoms with Gasteiger partial charge >= 0.3 is 23.5 Å². The summed E-state index contributed by atoms with van der Waals surface area (Å²) >= 11 is 1.11. The molecule has 24 nitrogen and oxygen atoms in total. The second kappa shape index (κ2) is 19.8. The van der Waals surface area contributed by atoms with E-state index in [9.17, 15) is 57.9 Å². The van der Waals surface area contributed by atoms with Crippen LogP contribution in [0.4, 0.5) is 5.82 Å².